The molecule has 2 nitrogen and oxygen atoms in total. The minimum atomic E-state index is -0.879. The number of halogens is 3. The molecule has 5 heteroatoms. The van der Waals surface area contributed by atoms with Crippen molar-refractivity contribution in [2.45, 2.75) is 6.10 Å². The van der Waals surface area contributed by atoms with E-state index < -0.39 is 6.10 Å². The zero-order valence-corrected chi connectivity index (χ0v) is 13.1. The maximum Gasteiger partial charge on any atom is 0.119 e. The topological polar surface area (TPSA) is 29.5 Å². The first kappa shape index (κ1) is 14.7. The minimum absolute atomic E-state index is 0.353. The van der Waals surface area contributed by atoms with Crippen LogP contribution in [0.3, 0.4) is 0 Å². The molecule has 0 heterocycles. The Kier molecular flexibility index (Phi) is 4.74. The molecule has 0 bridgehead atoms. The van der Waals surface area contributed by atoms with Gasteiger partial charge in [-0.3, -0.25) is 0 Å². The number of aliphatic hydroxyl groups excluding tert-OH is 1. The molecule has 1 N–H and O–H groups in total. The molecule has 2 aromatic carbocycles. The van der Waals surface area contributed by atoms with Gasteiger partial charge in [-0.1, -0.05) is 51.3 Å². The van der Waals surface area contributed by atoms with Crippen molar-refractivity contribution >= 4 is 39.1 Å². The third kappa shape index (κ3) is 3.06. The van der Waals surface area contributed by atoms with Gasteiger partial charge in [-0.05, 0) is 24.3 Å². The van der Waals surface area contributed by atoms with Crippen LogP contribution in [0.25, 0.3) is 0 Å². The van der Waals surface area contributed by atoms with Gasteiger partial charge in [0.1, 0.15) is 11.9 Å². The highest BCUT2D eigenvalue weighted by Crippen LogP contribution is 2.36. The number of hydrogen-bond donors (Lipinski definition) is 1. The van der Waals surface area contributed by atoms with Crippen LogP contribution in [0.5, 0.6) is 5.75 Å². The van der Waals surface area contributed by atoms with Gasteiger partial charge >= 0.3 is 0 Å². The molecule has 0 aliphatic carbocycles. The van der Waals surface area contributed by atoms with Gasteiger partial charge < -0.3 is 9.84 Å². The van der Waals surface area contributed by atoms with E-state index >= 15 is 0 Å². The summed E-state index contributed by atoms with van der Waals surface area (Å²) in [6.45, 7) is 0. The molecule has 2 aromatic rings. The molecule has 0 radical (unpaired) electrons. The first-order valence-electron chi connectivity index (χ1n) is 5.50. The van der Waals surface area contributed by atoms with Crippen molar-refractivity contribution in [3.8, 4) is 5.75 Å². The highest BCUT2D eigenvalue weighted by molar-refractivity contribution is 9.10. The largest absolute Gasteiger partial charge is 0.497 e. The average Bonchev–Trinajstić information content (AvgIpc) is 2.42. The molecule has 1 atom stereocenters. The number of benzene rings is 2. The van der Waals surface area contributed by atoms with E-state index in [-0.39, 0.29) is 0 Å². The summed E-state index contributed by atoms with van der Waals surface area (Å²) < 4.78 is 5.93. The fourth-order valence-electron chi connectivity index (χ4n) is 1.76. The molecule has 0 saturated carbocycles. The predicted octanol–water partition coefficient (Wildman–Crippen LogP) is 4.85. The fourth-order valence-corrected chi connectivity index (χ4v) is 2.63. The molecule has 0 aliphatic rings. The Bertz CT molecular complexity index is 602. The average molecular weight is 362 g/mol. The van der Waals surface area contributed by atoms with Crippen molar-refractivity contribution in [3.63, 3.8) is 0 Å². The Balaban J connectivity index is 2.49. The molecular formula is C14H11BrCl2O2. The van der Waals surface area contributed by atoms with Gasteiger partial charge in [-0.25, -0.2) is 0 Å². The van der Waals surface area contributed by atoms with Crippen molar-refractivity contribution in [1.82, 2.24) is 0 Å². The Morgan fingerprint density at radius 2 is 1.89 bits per heavy atom. The normalized spacial score (nSPS) is 12.3. The number of rotatable bonds is 3. The van der Waals surface area contributed by atoms with Crippen molar-refractivity contribution in [1.29, 1.82) is 0 Å². The lowest BCUT2D eigenvalue weighted by molar-refractivity contribution is 0.219. The van der Waals surface area contributed by atoms with Gasteiger partial charge in [0, 0.05) is 15.6 Å². The summed E-state index contributed by atoms with van der Waals surface area (Å²) in [4.78, 5) is 0. The Labute approximate surface area is 130 Å². The van der Waals surface area contributed by atoms with E-state index in [1.165, 1.54) is 0 Å². The van der Waals surface area contributed by atoms with E-state index in [1.54, 1.807) is 37.4 Å². The Hall–Kier alpha value is -0.740. The van der Waals surface area contributed by atoms with Crippen LogP contribution in [0.4, 0.5) is 0 Å². The Morgan fingerprint density at radius 1 is 1.16 bits per heavy atom. The minimum Gasteiger partial charge on any atom is -0.497 e. The van der Waals surface area contributed by atoms with Gasteiger partial charge in [0.25, 0.3) is 0 Å². The second kappa shape index (κ2) is 6.14. The SMILES string of the molecule is COc1ccc(Br)c(C(O)c2cccc(Cl)c2Cl)c1. The van der Waals surface area contributed by atoms with Gasteiger partial charge in [-0.15, -0.1) is 0 Å². The summed E-state index contributed by atoms with van der Waals surface area (Å²) in [7, 11) is 1.58. The molecule has 0 fully saturated rings. The van der Waals surface area contributed by atoms with E-state index in [2.05, 4.69) is 15.9 Å². The molecule has 19 heavy (non-hydrogen) atoms. The van der Waals surface area contributed by atoms with Crippen LogP contribution in [0, 0.1) is 0 Å². The van der Waals surface area contributed by atoms with Crippen LogP contribution >= 0.6 is 39.1 Å². The van der Waals surface area contributed by atoms with E-state index in [0.29, 0.717) is 26.9 Å². The van der Waals surface area contributed by atoms with Crippen LogP contribution in [0.15, 0.2) is 40.9 Å². The fraction of sp³-hybridized carbons (Fsp3) is 0.143. The summed E-state index contributed by atoms with van der Waals surface area (Å²) in [6.07, 6.45) is -0.879. The number of aliphatic hydroxyl groups is 1. The van der Waals surface area contributed by atoms with E-state index in [0.717, 1.165) is 4.47 Å². The molecule has 2 rings (SSSR count). The highest BCUT2D eigenvalue weighted by Gasteiger charge is 2.18. The lowest BCUT2D eigenvalue weighted by atomic mass is 10.0. The molecule has 0 saturated heterocycles. The zero-order chi connectivity index (χ0) is 14.0. The summed E-state index contributed by atoms with van der Waals surface area (Å²) in [5.41, 5.74) is 1.23. The highest BCUT2D eigenvalue weighted by atomic mass is 79.9. The van der Waals surface area contributed by atoms with E-state index in [4.69, 9.17) is 27.9 Å². The van der Waals surface area contributed by atoms with E-state index in [1.807, 2.05) is 6.07 Å². The maximum absolute atomic E-state index is 10.5. The smallest absolute Gasteiger partial charge is 0.119 e. The summed E-state index contributed by atoms with van der Waals surface area (Å²) in [5.74, 6) is 0.662. The van der Waals surface area contributed by atoms with E-state index in [9.17, 15) is 5.11 Å². The predicted molar refractivity (Wildman–Crippen MR) is 81.2 cm³/mol. The first-order chi connectivity index (χ1) is 9.04. The quantitative estimate of drug-likeness (QED) is 0.846. The van der Waals surface area contributed by atoms with Crippen LogP contribution < -0.4 is 4.74 Å². The molecule has 0 amide bonds. The van der Waals surface area contributed by atoms with Crippen LogP contribution in [0.2, 0.25) is 10.0 Å². The number of methoxy groups -OCH3 is 1. The molecule has 0 spiro atoms. The first-order valence-corrected chi connectivity index (χ1v) is 7.05. The van der Waals surface area contributed by atoms with Crippen molar-refractivity contribution in [3.05, 3.63) is 62.0 Å². The molecule has 0 aliphatic heterocycles. The van der Waals surface area contributed by atoms with Crippen LogP contribution in [0.1, 0.15) is 17.2 Å². The van der Waals surface area contributed by atoms with Gasteiger partial charge in [-0.2, -0.15) is 0 Å². The number of ether oxygens (including phenoxy) is 1. The molecular weight excluding hydrogens is 351 g/mol. The monoisotopic (exact) mass is 360 g/mol. The van der Waals surface area contributed by atoms with Crippen molar-refractivity contribution < 1.29 is 9.84 Å². The van der Waals surface area contributed by atoms with Gasteiger partial charge in [0.2, 0.25) is 0 Å². The molecule has 1 unspecified atom stereocenters. The number of hydrogen-bond acceptors (Lipinski definition) is 2. The third-order valence-electron chi connectivity index (χ3n) is 2.77. The second-order valence-electron chi connectivity index (χ2n) is 3.93. The van der Waals surface area contributed by atoms with Gasteiger partial charge in [0.05, 0.1) is 17.2 Å². The summed E-state index contributed by atoms with van der Waals surface area (Å²) >= 11 is 15.5. The van der Waals surface area contributed by atoms with Crippen LogP contribution in [-0.2, 0) is 0 Å². The van der Waals surface area contributed by atoms with Crippen molar-refractivity contribution in [2.75, 3.05) is 7.11 Å². The van der Waals surface area contributed by atoms with Crippen LogP contribution in [-0.4, -0.2) is 12.2 Å². The maximum atomic E-state index is 10.5. The summed E-state index contributed by atoms with van der Waals surface area (Å²) in [5, 5.41) is 11.2. The third-order valence-corrected chi connectivity index (χ3v) is 4.33. The standard InChI is InChI=1S/C14H11BrCl2O2/c1-19-8-5-6-11(15)10(7-8)14(18)9-3-2-4-12(16)13(9)17/h2-7,14,18H,1H3. The Morgan fingerprint density at radius 3 is 2.58 bits per heavy atom. The zero-order valence-electron chi connectivity index (χ0n) is 10.0. The molecule has 0 aromatic heterocycles. The lowest BCUT2D eigenvalue weighted by Gasteiger charge is -2.16. The molecule has 100 valence electrons. The lowest BCUT2D eigenvalue weighted by Crippen LogP contribution is -2.02. The van der Waals surface area contributed by atoms with Gasteiger partial charge in [0.15, 0.2) is 0 Å². The summed E-state index contributed by atoms with van der Waals surface area (Å²) in [6, 6.07) is 10.5. The second-order valence-corrected chi connectivity index (χ2v) is 5.57. The van der Waals surface area contributed by atoms with Crippen molar-refractivity contribution in [2.24, 2.45) is 0 Å².